The quantitative estimate of drug-likeness (QED) is 0.213. The molecule has 1 aliphatic rings. The molecule has 1 aromatic carbocycles. The molecule has 0 spiro atoms. The Hall–Kier alpha value is -1.94. The number of fused-ring (bicyclic) bond motifs is 1. The Morgan fingerprint density at radius 2 is 2.00 bits per heavy atom. The van der Waals surface area contributed by atoms with E-state index in [-0.39, 0.29) is 24.0 Å². The highest BCUT2D eigenvalue weighted by molar-refractivity contribution is 14.0. The summed E-state index contributed by atoms with van der Waals surface area (Å²) in [5.74, 6) is 3.57. The third kappa shape index (κ3) is 8.43. The number of nitrogens with one attached hydrogen (secondary N) is 2. The van der Waals surface area contributed by atoms with Gasteiger partial charge < -0.3 is 29.3 Å². The first-order valence-electron chi connectivity index (χ1n) is 10.3. The van der Waals surface area contributed by atoms with Crippen LogP contribution in [0.15, 0.2) is 46.0 Å². The number of nitrogens with zero attached hydrogens (tertiary/aromatic N) is 1. The Bertz CT molecular complexity index is 766. The molecule has 0 atom stereocenters. The highest BCUT2D eigenvalue weighted by Gasteiger charge is 2.11. The van der Waals surface area contributed by atoms with E-state index >= 15 is 0 Å². The van der Waals surface area contributed by atoms with E-state index in [2.05, 4.69) is 29.5 Å². The van der Waals surface area contributed by atoms with Crippen LogP contribution in [0.3, 0.4) is 0 Å². The smallest absolute Gasteiger partial charge is 0.196 e. The summed E-state index contributed by atoms with van der Waals surface area (Å²) in [6.07, 6.45) is 3.43. The summed E-state index contributed by atoms with van der Waals surface area (Å²) in [6.45, 7) is 8.35. The number of benzene rings is 1. The van der Waals surface area contributed by atoms with E-state index in [1.807, 2.05) is 30.3 Å². The summed E-state index contributed by atoms with van der Waals surface area (Å²) in [4.78, 5) is 4.63. The maximum Gasteiger partial charge on any atom is 0.196 e. The van der Waals surface area contributed by atoms with Crippen molar-refractivity contribution in [3.8, 4) is 11.5 Å². The second-order valence-corrected chi connectivity index (χ2v) is 7.33. The zero-order valence-electron chi connectivity index (χ0n) is 17.7. The summed E-state index contributed by atoms with van der Waals surface area (Å²) in [6, 6.07) is 9.60. The Balaban J connectivity index is 0.00000320. The molecular formula is C22H32IN3O4. The summed E-state index contributed by atoms with van der Waals surface area (Å²) >= 11 is 0. The van der Waals surface area contributed by atoms with Gasteiger partial charge in [-0.3, -0.25) is 0 Å². The van der Waals surface area contributed by atoms with Crippen LogP contribution in [0.4, 0.5) is 5.69 Å². The fraction of sp³-hybridized carbons (Fsp3) is 0.500. The molecule has 8 heteroatoms. The molecule has 2 aromatic rings. The fourth-order valence-corrected chi connectivity index (χ4v) is 2.78. The van der Waals surface area contributed by atoms with Crippen molar-refractivity contribution in [2.75, 3.05) is 38.3 Å². The van der Waals surface area contributed by atoms with Crippen molar-refractivity contribution in [3.63, 3.8) is 0 Å². The Morgan fingerprint density at radius 3 is 2.77 bits per heavy atom. The number of hydrogen-bond acceptors (Lipinski definition) is 5. The molecule has 0 amide bonds. The minimum absolute atomic E-state index is 0. The lowest BCUT2D eigenvalue weighted by atomic mass is 10.2. The molecule has 166 valence electrons. The van der Waals surface area contributed by atoms with Crippen LogP contribution in [0.25, 0.3) is 0 Å². The van der Waals surface area contributed by atoms with Crippen LogP contribution in [0, 0.1) is 5.92 Å². The van der Waals surface area contributed by atoms with Gasteiger partial charge in [-0.25, -0.2) is 4.99 Å². The second kappa shape index (κ2) is 13.4. The van der Waals surface area contributed by atoms with Gasteiger partial charge >= 0.3 is 0 Å². The van der Waals surface area contributed by atoms with E-state index in [1.54, 1.807) is 6.26 Å². The fourth-order valence-electron chi connectivity index (χ4n) is 2.78. The molecule has 0 bridgehead atoms. The zero-order valence-corrected chi connectivity index (χ0v) is 20.0. The third-order valence-corrected chi connectivity index (χ3v) is 4.19. The van der Waals surface area contributed by atoms with E-state index < -0.39 is 0 Å². The van der Waals surface area contributed by atoms with Gasteiger partial charge in [0.15, 0.2) is 17.5 Å². The SMILES string of the molecule is CC(C)COCCCNC(=NCc1ccco1)Nc1ccc2c(c1)OCCCO2.I. The minimum Gasteiger partial charge on any atom is -0.490 e. The molecule has 0 saturated carbocycles. The van der Waals surface area contributed by atoms with Gasteiger partial charge in [0, 0.05) is 37.9 Å². The molecular weight excluding hydrogens is 497 g/mol. The van der Waals surface area contributed by atoms with E-state index in [1.165, 1.54) is 0 Å². The maximum absolute atomic E-state index is 5.78. The van der Waals surface area contributed by atoms with Crippen LogP contribution in [0.5, 0.6) is 11.5 Å². The molecule has 0 aliphatic carbocycles. The molecule has 0 saturated heterocycles. The topological polar surface area (TPSA) is 77.2 Å². The first-order valence-corrected chi connectivity index (χ1v) is 10.3. The van der Waals surface area contributed by atoms with Crippen LogP contribution in [-0.2, 0) is 11.3 Å². The maximum atomic E-state index is 5.78. The van der Waals surface area contributed by atoms with E-state index in [0.29, 0.717) is 31.6 Å². The predicted octanol–water partition coefficient (Wildman–Crippen LogP) is 4.68. The van der Waals surface area contributed by atoms with Crippen LogP contribution in [0.1, 0.15) is 32.4 Å². The van der Waals surface area contributed by atoms with Crippen molar-refractivity contribution in [1.29, 1.82) is 0 Å². The zero-order chi connectivity index (χ0) is 20.3. The van der Waals surface area contributed by atoms with Crippen molar-refractivity contribution < 1.29 is 18.6 Å². The predicted molar refractivity (Wildman–Crippen MR) is 129 cm³/mol. The minimum atomic E-state index is 0. The summed E-state index contributed by atoms with van der Waals surface area (Å²) in [5.41, 5.74) is 0.885. The van der Waals surface area contributed by atoms with E-state index in [9.17, 15) is 0 Å². The number of ether oxygens (including phenoxy) is 3. The Labute approximate surface area is 195 Å². The highest BCUT2D eigenvalue weighted by Crippen LogP contribution is 2.32. The van der Waals surface area contributed by atoms with Crippen LogP contribution < -0.4 is 20.1 Å². The number of anilines is 1. The number of halogens is 1. The number of furan rings is 1. The Kier molecular flexibility index (Phi) is 10.9. The van der Waals surface area contributed by atoms with Gasteiger partial charge in [0.2, 0.25) is 0 Å². The summed E-state index contributed by atoms with van der Waals surface area (Å²) in [5, 5.41) is 6.70. The number of aliphatic imine (C=N–C) groups is 1. The van der Waals surface area contributed by atoms with E-state index in [4.69, 9.17) is 18.6 Å². The van der Waals surface area contributed by atoms with Crippen LogP contribution >= 0.6 is 24.0 Å². The van der Waals surface area contributed by atoms with Crippen molar-refractivity contribution in [1.82, 2.24) is 5.32 Å². The van der Waals surface area contributed by atoms with Crippen molar-refractivity contribution in [2.45, 2.75) is 33.2 Å². The molecule has 3 rings (SSSR count). The lowest BCUT2D eigenvalue weighted by Gasteiger charge is -2.15. The Morgan fingerprint density at radius 1 is 1.17 bits per heavy atom. The van der Waals surface area contributed by atoms with Gasteiger partial charge in [-0.1, -0.05) is 13.8 Å². The van der Waals surface area contributed by atoms with Crippen LogP contribution in [-0.4, -0.2) is 38.9 Å². The third-order valence-electron chi connectivity index (χ3n) is 4.19. The average Bonchev–Trinajstić information content (AvgIpc) is 3.12. The van der Waals surface area contributed by atoms with Gasteiger partial charge in [0.1, 0.15) is 12.3 Å². The summed E-state index contributed by atoms with van der Waals surface area (Å²) < 4.78 is 22.5. The molecule has 30 heavy (non-hydrogen) atoms. The number of rotatable bonds is 9. The monoisotopic (exact) mass is 529 g/mol. The lowest BCUT2D eigenvalue weighted by molar-refractivity contribution is 0.108. The van der Waals surface area contributed by atoms with Crippen molar-refractivity contribution >= 4 is 35.6 Å². The first-order chi connectivity index (χ1) is 14.2. The molecule has 1 aliphatic heterocycles. The lowest BCUT2D eigenvalue weighted by Crippen LogP contribution is -2.32. The van der Waals surface area contributed by atoms with Crippen LogP contribution in [0.2, 0.25) is 0 Å². The number of hydrogen-bond donors (Lipinski definition) is 2. The largest absolute Gasteiger partial charge is 0.490 e. The molecule has 0 unspecified atom stereocenters. The number of guanidine groups is 1. The van der Waals surface area contributed by atoms with Crippen molar-refractivity contribution in [3.05, 3.63) is 42.4 Å². The molecule has 1 aromatic heterocycles. The molecule has 7 nitrogen and oxygen atoms in total. The second-order valence-electron chi connectivity index (χ2n) is 7.33. The molecule has 2 heterocycles. The van der Waals surface area contributed by atoms with Crippen molar-refractivity contribution in [2.24, 2.45) is 10.9 Å². The van der Waals surface area contributed by atoms with E-state index in [0.717, 1.165) is 55.5 Å². The average molecular weight is 529 g/mol. The molecule has 0 radical (unpaired) electrons. The van der Waals surface area contributed by atoms with Gasteiger partial charge in [-0.05, 0) is 36.6 Å². The highest BCUT2D eigenvalue weighted by atomic mass is 127. The molecule has 0 fully saturated rings. The van der Waals surface area contributed by atoms with Gasteiger partial charge in [0.25, 0.3) is 0 Å². The first kappa shape index (κ1) is 24.3. The van der Waals surface area contributed by atoms with Gasteiger partial charge in [-0.15, -0.1) is 24.0 Å². The standard InChI is InChI=1S/C22H31N3O4.HI/c1-17(2)16-26-10-4-9-23-22(24-15-19-6-3-11-27-19)25-18-7-8-20-21(14-18)29-13-5-12-28-20;/h3,6-8,11,14,17H,4-5,9-10,12-13,15-16H2,1-2H3,(H2,23,24,25);1H. The van der Waals surface area contributed by atoms with Gasteiger partial charge in [0.05, 0.1) is 19.5 Å². The molecule has 2 N–H and O–H groups in total. The normalized spacial score (nSPS) is 13.5. The summed E-state index contributed by atoms with van der Waals surface area (Å²) in [7, 11) is 0. The van der Waals surface area contributed by atoms with Gasteiger partial charge in [-0.2, -0.15) is 0 Å².